The number of carbonyl (C=O) groups is 2. The lowest BCUT2D eigenvalue weighted by Crippen LogP contribution is -2.64. The Bertz CT molecular complexity index is 1490. The van der Waals surface area contributed by atoms with E-state index in [0.29, 0.717) is 19.3 Å². The zero-order valence-corrected chi connectivity index (χ0v) is 41.8. The Morgan fingerprint density at radius 3 is 1.28 bits per heavy atom. The summed E-state index contributed by atoms with van der Waals surface area (Å²) < 4.78 is 33.5. The van der Waals surface area contributed by atoms with E-state index in [2.05, 4.69) is 80.7 Å². The van der Waals surface area contributed by atoms with Gasteiger partial charge in [-0.25, -0.2) is 4.57 Å². The fourth-order valence-electron chi connectivity index (χ4n) is 7.12. The van der Waals surface area contributed by atoms with Crippen LogP contribution in [0.1, 0.15) is 181 Å². The quantitative estimate of drug-likeness (QED) is 0.0146. The Labute approximate surface area is 403 Å². The molecule has 6 N–H and O–H groups in total. The Balaban J connectivity index is 2.47. The number of hydrogen-bond donors (Lipinski definition) is 6. The molecule has 13 nitrogen and oxygen atoms in total. The number of phosphoric ester groups is 1. The van der Waals surface area contributed by atoms with E-state index in [-0.39, 0.29) is 12.8 Å². The first kappa shape index (κ1) is 62.0. The van der Waals surface area contributed by atoms with E-state index in [4.69, 9.17) is 18.5 Å². The Hall–Kier alpha value is -2.97. The van der Waals surface area contributed by atoms with Crippen molar-refractivity contribution in [3.05, 3.63) is 85.1 Å². The first-order valence-corrected chi connectivity index (χ1v) is 26.9. The standard InChI is InChI=1S/C53H89O13P/c1-3-5-7-9-11-13-15-17-19-21-23-25-27-29-31-33-35-37-39-41-46(54)63-43-45(44-64-67(61,62)66-53-51(59)49(57)48(56)50(58)52(53)60)65-47(55)42-40-38-36-34-32-30-28-26-24-22-20-18-16-14-12-10-8-6-4-2/h11-14,17-20,24,26,30,32,36,38,45,48-53,56-60H,3-10,15-16,21-23,25,27-29,31,33-35,37,39-44H2,1-2H3,(H,61,62)/b13-11+,14-12+,19-17+,20-18+,26-24+,32-30+,38-36+/t45-,48?,49-,50?,51?,52?,53?/m0/s1. The van der Waals surface area contributed by atoms with Crippen LogP contribution in [0, 0.1) is 0 Å². The maximum atomic E-state index is 12.8. The molecule has 0 aromatic heterocycles. The van der Waals surface area contributed by atoms with Crippen molar-refractivity contribution in [2.45, 2.75) is 224 Å². The van der Waals surface area contributed by atoms with Gasteiger partial charge in [0.1, 0.15) is 43.2 Å². The van der Waals surface area contributed by atoms with Crippen molar-refractivity contribution in [2.24, 2.45) is 0 Å². The van der Waals surface area contributed by atoms with Crippen molar-refractivity contribution in [3.63, 3.8) is 0 Å². The monoisotopic (exact) mass is 965 g/mol. The Morgan fingerprint density at radius 1 is 0.463 bits per heavy atom. The van der Waals surface area contributed by atoms with Gasteiger partial charge in [-0.2, -0.15) is 0 Å². The van der Waals surface area contributed by atoms with Gasteiger partial charge in [-0.05, 0) is 83.5 Å². The van der Waals surface area contributed by atoms with E-state index in [1.807, 2.05) is 18.2 Å². The third kappa shape index (κ3) is 34.1. The molecule has 6 unspecified atom stereocenters. The van der Waals surface area contributed by atoms with Gasteiger partial charge in [-0.1, -0.05) is 170 Å². The van der Waals surface area contributed by atoms with E-state index in [1.165, 1.54) is 70.6 Å². The third-order valence-corrected chi connectivity index (χ3v) is 12.2. The van der Waals surface area contributed by atoms with Gasteiger partial charge in [0.2, 0.25) is 0 Å². The summed E-state index contributed by atoms with van der Waals surface area (Å²) in [6.07, 6.45) is 42.1. The molecule has 1 aliphatic rings. The zero-order valence-electron chi connectivity index (χ0n) is 40.9. The predicted molar refractivity (Wildman–Crippen MR) is 267 cm³/mol. The van der Waals surface area contributed by atoms with Gasteiger partial charge in [0.25, 0.3) is 0 Å². The molecule has 0 aliphatic heterocycles. The fourth-order valence-corrected chi connectivity index (χ4v) is 8.10. The molecule has 0 heterocycles. The highest BCUT2D eigenvalue weighted by Crippen LogP contribution is 2.47. The highest BCUT2D eigenvalue weighted by Gasteiger charge is 2.51. The molecule has 67 heavy (non-hydrogen) atoms. The lowest BCUT2D eigenvalue weighted by Gasteiger charge is -2.41. The van der Waals surface area contributed by atoms with Crippen molar-refractivity contribution >= 4 is 19.8 Å². The summed E-state index contributed by atoms with van der Waals surface area (Å²) in [5, 5.41) is 50.2. The van der Waals surface area contributed by atoms with Crippen molar-refractivity contribution < 1.29 is 63.1 Å². The smallest absolute Gasteiger partial charge is 0.462 e. The first-order valence-electron chi connectivity index (χ1n) is 25.4. The minimum absolute atomic E-state index is 0.0316. The largest absolute Gasteiger partial charge is 0.472 e. The van der Waals surface area contributed by atoms with Crippen LogP contribution < -0.4 is 0 Å². The van der Waals surface area contributed by atoms with Crippen molar-refractivity contribution in [3.8, 4) is 0 Å². The summed E-state index contributed by atoms with van der Waals surface area (Å²) in [6, 6.07) is 0. The second-order valence-electron chi connectivity index (χ2n) is 17.3. The molecule has 0 aromatic rings. The van der Waals surface area contributed by atoms with Gasteiger partial charge >= 0.3 is 19.8 Å². The number of rotatable bonds is 41. The second kappa shape index (κ2) is 42.0. The summed E-state index contributed by atoms with van der Waals surface area (Å²) in [5.41, 5.74) is 0. The molecule has 1 aliphatic carbocycles. The first-order chi connectivity index (χ1) is 32.4. The number of carbonyl (C=O) groups excluding carboxylic acids is 2. The second-order valence-corrected chi connectivity index (χ2v) is 18.7. The number of esters is 2. The number of phosphoric acid groups is 1. The third-order valence-electron chi connectivity index (χ3n) is 11.2. The Kier molecular flexibility index (Phi) is 38.9. The van der Waals surface area contributed by atoms with Crippen LogP contribution in [0.2, 0.25) is 0 Å². The zero-order chi connectivity index (χ0) is 49.2. The van der Waals surface area contributed by atoms with Crippen LogP contribution in [0.5, 0.6) is 0 Å². The average Bonchev–Trinajstić information content (AvgIpc) is 3.31. The lowest BCUT2D eigenvalue weighted by molar-refractivity contribution is -0.220. The average molecular weight is 965 g/mol. The number of unbranched alkanes of at least 4 members (excludes halogenated alkanes) is 15. The molecule has 1 rings (SSSR count). The normalized spacial score (nSPS) is 21.9. The fraction of sp³-hybridized carbons (Fsp3) is 0.698. The molecule has 0 spiro atoms. The van der Waals surface area contributed by atoms with Gasteiger partial charge in [-0.15, -0.1) is 0 Å². The molecule has 0 bridgehead atoms. The van der Waals surface area contributed by atoms with Crippen LogP contribution in [-0.4, -0.2) is 98.3 Å². The summed E-state index contributed by atoms with van der Waals surface area (Å²) in [5.74, 6) is -1.20. The van der Waals surface area contributed by atoms with Crippen LogP contribution in [-0.2, 0) is 32.7 Å². The summed E-state index contributed by atoms with van der Waals surface area (Å²) in [6.45, 7) is 3.19. The van der Waals surface area contributed by atoms with Crippen molar-refractivity contribution in [2.75, 3.05) is 13.2 Å². The molecular formula is C53H89O13P. The highest BCUT2D eigenvalue weighted by molar-refractivity contribution is 7.47. The van der Waals surface area contributed by atoms with Crippen LogP contribution in [0.4, 0.5) is 0 Å². The maximum absolute atomic E-state index is 12.8. The number of aliphatic hydroxyl groups is 5. The molecule has 384 valence electrons. The molecule has 0 radical (unpaired) electrons. The van der Waals surface area contributed by atoms with Crippen LogP contribution >= 0.6 is 7.82 Å². The molecule has 1 saturated carbocycles. The number of ether oxygens (including phenoxy) is 2. The SMILES string of the molecule is CCCCC/C=C/C/C=C/C/C=C/C/C=C/C/C=C/CCC(=O)O[C@@H](COC(=O)CCCCCCCCCCC/C=C/C/C=C/CCCCC)COP(=O)(O)OC1C(O)C(O)C(O)[C@H](O)C1O. The Morgan fingerprint density at radius 2 is 0.836 bits per heavy atom. The lowest BCUT2D eigenvalue weighted by atomic mass is 9.85. The molecule has 0 aromatic carbocycles. The van der Waals surface area contributed by atoms with Gasteiger partial charge in [-0.3, -0.25) is 18.6 Å². The minimum atomic E-state index is -5.15. The topological polar surface area (TPSA) is 210 Å². The van der Waals surface area contributed by atoms with Crippen LogP contribution in [0.3, 0.4) is 0 Å². The van der Waals surface area contributed by atoms with Crippen molar-refractivity contribution in [1.29, 1.82) is 0 Å². The number of hydrogen-bond acceptors (Lipinski definition) is 12. The summed E-state index contributed by atoms with van der Waals surface area (Å²) in [4.78, 5) is 35.8. The van der Waals surface area contributed by atoms with Crippen LogP contribution in [0.25, 0.3) is 0 Å². The van der Waals surface area contributed by atoms with E-state index in [0.717, 1.165) is 64.2 Å². The summed E-state index contributed by atoms with van der Waals surface area (Å²) >= 11 is 0. The van der Waals surface area contributed by atoms with E-state index in [9.17, 15) is 44.6 Å². The van der Waals surface area contributed by atoms with Gasteiger partial charge in [0.15, 0.2) is 6.10 Å². The number of aliphatic hydroxyl groups excluding tert-OH is 5. The summed E-state index contributed by atoms with van der Waals surface area (Å²) in [7, 11) is -5.15. The molecule has 14 heteroatoms. The minimum Gasteiger partial charge on any atom is -0.462 e. The molecule has 0 amide bonds. The van der Waals surface area contributed by atoms with Gasteiger partial charge in [0, 0.05) is 12.8 Å². The maximum Gasteiger partial charge on any atom is 0.472 e. The van der Waals surface area contributed by atoms with E-state index in [1.54, 1.807) is 0 Å². The molecule has 1 fully saturated rings. The molecular weight excluding hydrogens is 876 g/mol. The van der Waals surface area contributed by atoms with E-state index >= 15 is 0 Å². The van der Waals surface area contributed by atoms with E-state index < -0.39 is 75.7 Å². The van der Waals surface area contributed by atoms with Gasteiger partial charge in [0.05, 0.1) is 6.61 Å². The van der Waals surface area contributed by atoms with Gasteiger partial charge < -0.3 is 39.9 Å². The van der Waals surface area contributed by atoms with Crippen LogP contribution in [0.15, 0.2) is 85.1 Å². The van der Waals surface area contributed by atoms with Crippen molar-refractivity contribution in [1.82, 2.24) is 0 Å². The molecule has 0 saturated heterocycles. The highest BCUT2D eigenvalue weighted by atomic mass is 31.2. The molecule has 8 atom stereocenters. The predicted octanol–water partition coefficient (Wildman–Crippen LogP) is 10.8. The number of allylic oxidation sites excluding steroid dienone is 14.